The van der Waals surface area contributed by atoms with Crippen LogP contribution in [0.2, 0.25) is 0 Å². The molecule has 1 fully saturated rings. The maximum Gasteiger partial charge on any atom is 0.236 e. The van der Waals surface area contributed by atoms with E-state index in [2.05, 4.69) is 26.8 Å². The van der Waals surface area contributed by atoms with Gasteiger partial charge in [-0.3, -0.25) is 0 Å². The van der Waals surface area contributed by atoms with Crippen molar-refractivity contribution >= 4 is 19.7 Å². The molecule has 1 aromatic rings. The SMILES string of the molecule is CC(C)(C)C1CCC(c2cccc(CS(=O)(=O)Cl)c2)CC1. The highest BCUT2D eigenvalue weighted by atomic mass is 35.7. The van der Waals surface area contributed by atoms with Crippen molar-refractivity contribution in [2.75, 3.05) is 0 Å². The largest absolute Gasteiger partial charge is 0.236 e. The second-order valence-electron chi connectivity index (χ2n) is 7.34. The maximum atomic E-state index is 11.2. The lowest BCUT2D eigenvalue weighted by molar-refractivity contribution is 0.169. The highest BCUT2D eigenvalue weighted by Crippen LogP contribution is 2.43. The quantitative estimate of drug-likeness (QED) is 0.725. The average Bonchev–Trinajstić information content (AvgIpc) is 2.36. The molecule has 2 nitrogen and oxygen atoms in total. The summed E-state index contributed by atoms with van der Waals surface area (Å²) in [6.07, 6.45) is 4.90. The summed E-state index contributed by atoms with van der Waals surface area (Å²) in [5, 5.41) is 0. The zero-order valence-electron chi connectivity index (χ0n) is 13.1. The molecule has 1 saturated carbocycles. The van der Waals surface area contributed by atoms with Crippen molar-refractivity contribution in [2.24, 2.45) is 11.3 Å². The summed E-state index contributed by atoms with van der Waals surface area (Å²) in [5.41, 5.74) is 2.44. The third-order valence-electron chi connectivity index (χ3n) is 4.71. The van der Waals surface area contributed by atoms with Crippen LogP contribution in [0.25, 0.3) is 0 Å². The van der Waals surface area contributed by atoms with Gasteiger partial charge < -0.3 is 0 Å². The van der Waals surface area contributed by atoms with Gasteiger partial charge in [-0.1, -0.05) is 45.0 Å². The summed E-state index contributed by atoms with van der Waals surface area (Å²) in [4.78, 5) is 0. The van der Waals surface area contributed by atoms with E-state index >= 15 is 0 Å². The summed E-state index contributed by atoms with van der Waals surface area (Å²) in [7, 11) is 1.87. The van der Waals surface area contributed by atoms with Crippen molar-refractivity contribution in [3.63, 3.8) is 0 Å². The van der Waals surface area contributed by atoms with Gasteiger partial charge in [-0.15, -0.1) is 0 Å². The molecule has 0 radical (unpaired) electrons. The molecule has 0 unspecified atom stereocenters. The van der Waals surface area contributed by atoms with Crippen LogP contribution < -0.4 is 0 Å². The van der Waals surface area contributed by atoms with Crippen molar-refractivity contribution in [3.8, 4) is 0 Å². The number of hydrogen-bond acceptors (Lipinski definition) is 2. The van der Waals surface area contributed by atoms with E-state index in [1.807, 2.05) is 18.2 Å². The van der Waals surface area contributed by atoms with Crippen LogP contribution >= 0.6 is 10.7 Å². The molecule has 0 amide bonds. The van der Waals surface area contributed by atoms with Gasteiger partial charge in [0.25, 0.3) is 0 Å². The first kappa shape index (κ1) is 16.8. The second kappa shape index (κ2) is 6.29. The van der Waals surface area contributed by atoms with Gasteiger partial charge in [0, 0.05) is 10.7 Å². The lowest BCUT2D eigenvalue weighted by Crippen LogP contribution is -2.25. The Hall–Kier alpha value is -0.540. The average molecular weight is 329 g/mol. The third kappa shape index (κ3) is 5.00. The molecule has 0 spiro atoms. The van der Waals surface area contributed by atoms with Gasteiger partial charge in [-0.05, 0) is 54.1 Å². The Bertz CT molecular complexity index is 579. The summed E-state index contributed by atoms with van der Waals surface area (Å²) < 4.78 is 22.4. The van der Waals surface area contributed by atoms with Crippen LogP contribution in [0.3, 0.4) is 0 Å². The fourth-order valence-corrected chi connectivity index (χ4v) is 4.38. The molecule has 1 aliphatic carbocycles. The number of rotatable bonds is 3. The van der Waals surface area contributed by atoms with Crippen LogP contribution in [-0.4, -0.2) is 8.42 Å². The van der Waals surface area contributed by atoms with Crippen LogP contribution in [0, 0.1) is 11.3 Å². The summed E-state index contributed by atoms with van der Waals surface area (Å²) in [6, 6.07) is 7.92. The summed E-state index contributed by atoms with van der Waals surface area (Å²) in [6.45, 7) is 6.97. The molecule has 1 aromatic carbocycles. The molecule has 118 valence electrons. The Balaban J connectivity index is 2.05. The molecule has 0 saturated heterocycles. The molecular weight excluding hydrogens is 304 g/mol. The Morgan fingerprint density at radius 3 is 2.29 bits per heavy atom. The minimum Gasteiger partial charge on any atom is -0.212 e. The molecule has 0 bridgehead atoms. The number of hydrogen-bond donors (Lipinski definition) is 0. The van der Waals surface area contributed by atoms with Crippen LogP contribution in [-0.2, 0) is 14.8 Å². The van der Waals surface area contributed by atoms with E-state index in [9.17, 15) is 8.42 Å². The minimum atomic E-state index is -3.48. The third-order valence-corrected chi connectivity index (χ3v) is 5.72. The first-order chi connectivity index (χ1) is 9.65. The van der Waals surface area contributed by atoms with Crippen LogP contribution in [0.5, 0.6) is 0 Å². The normalized spacial score (nSPS) is 24.0. The molecule has 1 aliphatic rings. The van der Waals surface area contributed by atoms with E-state index in [1.54, 1.807) is 0 Å². The Morgan fingerprint density at radius 1 is 1.14 bits per heavy atom. The fraction of sp³-hybridized carbons (Fsp3) is 0.647. The first-order valence-corrected chi connectivity index (χ1v) is 10.1. The summed E-state index contributed by atoms with van der Waals surface area (Å²) in [5.74, 6) is 1.27. The van der Waals surface area contributed by atoms with Gasteiger partial charge in [-0.25, -0.2) is 8.42 Å². The molecule has 21 heavy (non-hydrogen) atoms. The lowest BCUT2D eigenvalue weighted by atomic mass is 9.68. The molecule has 0 aliphatic heterocycles. The standard InChI is InChI=1S/C17H25ClO2S/c1-17(2,3)16-9-7-14(8-10-16)15-6-4-5-13(11-15)12-21(18,19)20/h4-6,11,14,16H,7-10,12H2,1-3H3. The minimum absolute atomic E-state index is 0.0836. The van der Waals surface area contributed by atoms with Gasteiger partial charge in [0.2, 0.25) is 9.05 Å². The predicted octanol–water partition coefficient (Wildman–Crippen LogP) is 5.08. The molecule has 0 N–H and O–H groups in total. The van der Waals surface area contributed by atoms with E-state index in [0.29, 0.717) is 11.3 Å². The van der Waals surface area contributed by atoms with Crippen molar-refractivity contribution in [2.45, 2.75) is 58.1 Å². The van der Waals surface area contributed by atoms with E-state index in [0.717, 1.165) is 11.5 Å². The highest BCUT2D eigenvalue weighted by molar-refractivity contribution is 8.13. The smallest absolute Gasteiger partial charge is 0.212 e. The van der Waals surface area contributed by atoms with Crippen molar-refractivity contribution in [1.29, 1.82) is 0 Å². The topological polar surface area (TPSA) is 34.1 Å². The summed E-state index contributed by atoms with van der Waals surface area (Å²) >= 11 is 0. The van der Waals surface area contributed by atoms with Crippen LogP contribution in [0.1, 0.15) is 63.5 Å². The molecule has 0 atom stereocenters. The van der Waals surface area contributed by atoms with Crippen molar-refractivity contribution in [1.82, 2.24) is 0 Å². The van der Waals surface area contributed by atoms with Crippen molar-refractivity contribution < 1.29 is 8.42 Å². The molecule has 0 aromatic heterocycles. The monoisotopic (exact) mass is 328 g/mol. The number of halogens is 1. The van der Waals surface area contributed by atoms with E-state index in [-0.39, 0.29) is 5.75 Å². The van der Waals surface area contributed by atoms with E-state index < -0.39 is 9.05 Å². The van der Waals surface area contributed by atoms with Gasteiger partial charge in [0.1, 0.15) is 0 Å². The Morgan fingerprint density at radius 2 is 1.76 bits per heavy atom. The molecule has 0 heterocycles. The van der Waals surface area contributed by atoms with Crippen LogP contribution in [0.15, 0.2) is 24.3 Å². The fourth-order valence-electron chi connectivity index (χ4n) is 3.43. The Labute approximate surface area is 133 Å². The van der Waals surface area contributed by atoms with Gasteiger partial charge in [0.15, 0.2) is 0 Å². The Kier molecular flexibility index (Phi) is 5.04. The van der Waals surface area contributed by atoms with Crippen LogP contribution in [0.4, 0.5) is 0 Å². The highest BCUT2D eigenvalue weighted by Gasteiger charge is 2.30. The molecule has 4 heteroatoms. The maximum absolute atomic E-state index is 11.2. The lowest BCUT2D eigenvalue weighted by Gasteiger charge is -2.37. The van der Waals surface area contributed by atoms with Gasteiger partial charge in [-0.2, -0.15) is 0 Å². The van der Waals surface area contributed by atoms with Gasteiger partial charge >= 0.3 is 0 Å². The van der Waals surface area contributed by atoms with Gasteiger partial charge in [0.05, 0.1) is 5.75 Å². The zero-order valence-corrected chi connectivity index (χ0v) is 14.7. The predicted molar refractivity (Wildman–Crippen MR) is 89.1 cm³/mol. The number of benzene rings is 1. The van der Waals surface area contributed by atoms with E-state index in [4.69, 9.17) is 10.7 Å². The molecular formula is C17H25ClO2S. The van der Waals surface area contributed by atoms with Crippen molar-refractivity contribution in [3.05, 3.63) is 35.4 Å². The zero-order chi connectivity index (χ0) is 15.7. The molecule has 2 rings (SSSR count). The first-order valence-electron chi connectivity index (χ1n) is 7.66. The second-order valence-corrected chi connectivity index (χ2v) is 10.1. The van der Waals surface area contributed by atoms with E-state index in [1.165, 1.54) is 31.2 Å².